The van der Waals surface area contributed by atoms with Crippen molar-refractivity contribution in [1.29, 1.82) is 0 Å². The fraction of sp³-hybridized carbons (Fsp3) is 0.333. The van der Waals surface area contributed by atoms with Crippen LogP contribution >= 0.6 is 17.2 Å². The van der Waals surface area contributed by atoms with E-state index in [0.717, 1.165) is 13.2 Å². The first-order chi connectivity index (χ1) is 10.8. The molecule has 0 spiro atoms. The molecule has 0 N–H and O–H groups in total. The van der Waals surface area contributed by atoms with Crippen molar-refractivity contribution in [3.05, 3.63) is 60.7 Å². The largest absolute Gasteiger partial charge is 0.374 e. The Bertz CT molecular complexity index is 580. The highest BCUT2D eigenvalue weighted by Gasteiger charge is 2.49. The van der Waals surface area contributed by atoms with Gasteiger partial charge in [0.05, 0.1) is 25.4 Å². The predicted octanol–water partition coefficient (Wildman–Crippen LogP) is 2.53. The van der Waals surface area contributed by atoms with Crippen LogP contribution in [0.25, 0.3) is 0 Å². The second kappa shape index (κ2) is 6.38. The molecule has 2 aliphatic rings. The summed E-state index contributed by atoms with van der Waals surface area (Å²) in [5, 5.41) is 2.82. The molecular weight excluding hydrogens is 310 g/mol. The summed E-state index contributed by atoms with van der Waals surface area (Å²) in [7, 11) is 2.42. The first-order valence-electron chi connectivity index (χ1n) is 7.73. The minimum absolute atomic E-state index is 0.231. The summed E-state index contributed by atoms with van der Waals surface area (Å²) in [6.45, 7) is 1.60. The number of hydrogen-bond acceptors (Lipinski definition) is 2. The van der Waals surface area contributed by atoms with E-state index in [1.165, 1.54) is 10.6 Å². The molecule has 0 amide bonds. The van der Waals surface area contributed by atoms with Crippen LogP contribution in [0.2, 0.25) is 0 Å². The lowest BCUT2D eigenvalue weighted by Gasteiger charge is -2.27. The van der Waals surface area contributed by atoms with Crippen molar-refractivity contribution in [3.8, 4) is 0 Å². The van der Waals surface area contributed by atoms with E-state index in [2.05, 4.69) is 69.9 Å². The van der Waals surface area contributed by atoms with Crippen molar-refractivity contribution in [2.24, 2.45) is 0 Å². The number of ether oxygens (including phenoxy) is 2. The van der Waals surface area contributed by atoms with Crippen molar-refractivity contribution in [3.63, 3.8) is 0 Å². The first-order valence-corrected chi connectivity index (χ1v) is 9.80. The van der Waals surface area contributed by atoms with Crippen LogP contribution in [0.4, 0.5) is 0 Å². The molecule has 2 aliphatic heterocycles. The highest BCUT2D eigenvalue weighted by atomic mass is 31.1. The van der Waals surface area contributed by atoms with Crippen LogP contribution in [0, 0.1) is 0 Å². The molecule has 0 radical (unpaired) electrons. The SMILES string of the molecule is PC1COC2C1OCC2P(c1ccccc1)c1ccccc1. The Morgan fingerprint density at radius 3 is 1.91 bits per heavy atom. The Kier molecular flexibility index (Phi) is 4.29. The molecule has 2 aromatic rings. The summed E-state index contributed by atoms with van der Waals surface area (Å²) in [6, 6.07) is 21.7. The molecule has 114 valence electrons. The summed E-state index contributed by atoms with van der Waals surface area (Å²) in [5.74, 6) is 0. The monoisotopic (exact) mass is 330 g/mol. The smallest absolute Gasteiger partial charge is 0.0939 e. The average molecular weight is 330 g/mol. The maximum atomic E-state index is 6.10. The molecule has 2 aromatic carbocycles. The van der Waals surface area contributed by atoms with E-state index in [-0.39, 0.29) is 12.2 Å². The van der Waals surface area contributed by atoms with Crippen LogP contribution in [0.1, 0.15) is 0 Å². The first kappa shape index (κ1) is 14.8. The second-order valence-electron chi connectivity index (χ2n) is 5.87. The molecule has 2 nitrogen and oxygen atoms in total. The van der Waals surface area contributed by atoms with Crippen LogP contribution < -0.4 is 10.6 Å². The Balaban J connectivity index is 1.72. The fourth-order valence-electron chi connectivity index (χ4n) is 3.44. The summed E-state index contributed by atoms with van der Waals surface area (Å²) in [6.07, 6.45) is 0.474. The molecule has 0 aliphatic carbocycles. The van der Waals surface area contributed by atoms with Crippen molar-refractivity contribution >= 4 is 27.8 Å². The molecule has 2 fully saturated rings. The topological polar surface area (TPSA) is 18.5 Å². The normalized spacial score (nSPS) is 30.6. The van der Waals surface area contributed by atoms with Crippen molar-refractivity contribution in [2.45, 2.75) is 23.5 Å². The van der Waals surface area contributed by atoms with Crippen LogP contribution in [-0.4, -0.2) is 36.7 Å². The number of hydrogen-bond donors (Lipinski definition) is 0. The third-order valence-corrected chi connectivity index (χ3v) is 7.85. The summed E-state index contributed by atoms with van der Waals surface area (Å²) < 4.78 is 12.2. The van der Waals surface area contributed by atoms with Crippen molar-refractivity contribution in [2.75, 3.05) is 13.2 Å². The van der Waals surface area contributed by atoms with Gasteiger partial charge in [-0.25, -0.2) is 0 Å². The van der Waals surface area contributed by atoms with Crippen molar-refractivity contribution in [1.82, 2.24) is 0 Å². The molecule has 22 heavy (non-hydrogen) atoms. The number of rotatable bonds is 3. The van der Waals surface area contributed by atoms with Gasteiger partial charge < -0.3 is 9.47 Å². The van der Waals surface area contributed by atoms with Crippen molar-refractivity contribution < 1.29 is 9.47 Å². The number of fused-ring (bicyclic) bond motifs is 1. The standard InChI is InChI=1S/C18H20O2P2/c21-15-11-19-18-16(12-20-17(15)18)22(13-7-3-1-4-8-13)14-9-5-2-6-10-14/h1-10,15-18H,11-12,21H2. The molecule has 0 aromatic heterocycles. The van der Waals surface area contributed by atoms with E-state index in [9.17, 15) is 0 Å². The molecule has 2 saturated heterocycles. The Morgan fingerprint density at radius 2 is 1.32 bits per heavy atom. The zero-order valence-electron chi connectivity index (χ0n) is 12.3. The van der Waals surface area contributed by atoms with Gasteiger partial charge in [0.1, 0.15) is 0 Å². The van der Waals surface area contributed by atoms with Gasteiger partial charge in [0.25, 0.3) is 0 Å². The quantitative estimate of drug-likeness (QED) is 0.805. The lowest BCUT2D eigenvalue weighted by atomic mass is 10.2. The Hall–Kier alpha value is -0.780. The van der Waals surface area contributed by atoms with E-state index in [1.54, 1.807) is 0 Å². The fourth-order valence-corrected chi connectivity index (χ4v) is 6.72. The zero-order chi connectivity index (χ0) is 14.9. The summed E-state index contributed by atoms with van der Waals surface area (Å²) in [4.78, 5) is 0. The Labute approximate surface area is 135 Å². The van der Waals surface area contributed by atoms with Gasteiger partial charge in [-0.15, -0.1) is 9.24 Å². The molecule has 4 heteroatoms. The van der Waals surface area contributed by atoms with Crippen LogP contribution in [0.3, 0.4) is 0 Å². The highest BCUT2D eigenvalue weighted by molar-refractivity contribution is 7.73. The predicted molar refractivity (Wildman–Crippen MR) is 95.8 cm³/mol. The third kappa shape index (κ3) is 2.63. The lowest BCUT2D eigenvalue weighted by molar-refractivity contribution is 0.0743. The summed E-state index contributed by atoms with van der Waals surface area (Å²) in [5.41, 5.74) is 0.869. The average Bonchev–Trinajstić information content (AvgIpc) is 3.14. The molecular formula is C18H20O2P2. The van der Waals surface area contributed by atoms with Gasteiger partial charge in [0, 0.05) is 11.3 Å². The van der Waals surface area contributed by atoms with E-state index >= 15 is 0 Å². The minimum atomic E-state index is -0.462. The maximum Gasteiger partial charge on any atom is 0.0939 e. The molecule has 5 unspecified atom stereocenters. The molecule has 0 bridgehead atoms. The molecule has 2 heterocycles. The van der Waals surface area contributed by atoms with Gasteiger partial charge in [-0.3, -0.25) is 0 Å². The van der Waals surface area contributed by atoms with Gasteiger partial charge in [0.2, 0.25) is 0 Å². The summed E-state index contributed by atoms with van der Waals surface area (Å²) >= 11 is 0. The third-order valence-electron chi connectivity index (χ3n) is 4.47. The molecule has 0 saturated carbocycles. The lowest BCUT2D eigenvalue weighted by Crippen LogP contribution is -2.33. The van der Waals surface area contributed by atoms with Gasteiger partial charge in [-0.1, -0.05) is 60.7 Å². The molecule has 5 atom stereocenters. The van der Waals surface area contributed by atoms with Crippen LogP contribution in [0.15, 0.2) is 60.7 Å². The van der Waals surface area contributed by atoms with E-state index in [4.69, 9.17) is 9.47 Å². The minimum Gasteiger partial charge on any atom is -0.374 e. The zero-order valence-corrected chi connectivity index (χ0v) is 14.4. The maximum absolute atomic E-state index is 6.10. The van der Waals surface area contributed by atoms with Gasteiger partial charge in [-0.2, -0.15) is 0 Å². The van der Waals surface area contributed by atoms with E-state index < -0.39 is 7.92 Å². The van der Waals surface area contributed by atoms with Crippen LogP contribution in [0.5, 0.6) is 0 Å². The Morgan fingerprint density at radius 1 is 0.773 bits per heavy atom. The van der Waals surface area contributed by atoms with Gasteiger partial charge in [0.15, 0.2) is 0 Å². The molecule has 4 rings (SSSR count). The second-order valence-corrected chi connectivity index (χ2v) is 9.16. The number of benzene rings is 2. The van der Waals surface area contributed by atoms with Crippen LogP contribution in [-0.2, 0) is 9.47 Å². The van der Waals surface area contributed by atoms with Gasteiger partial charge >= 0.3 is 0 Å². The van der Waals surface area contributed by atoms with Gasteiger partial charge in [-0.05, 0) is 18.5 Å². The van der Waals surface area contributed by atoms with E-state index in [0.29, 0.717) is 11.3 Å². The van der Waals surface area contributed by atoms with E-state index in [1.807, 2.05) is 0 Å². The highest BCUT2D eigenvalue weighted by Crippen LogP contribution is 2.48.